The number of nitro benzene ring substituents is 1. The quantitative estimate of drug-likeness (QED) is 0.673. The van der Waals surface area contributed by atoms with Crippen LogP contribution in [-0.2, 0) is 4.79 Å². The summed E-state index contributed by atoms with van der Waals surface area (Å²) in [6.45, 7) is 1.38. The Morgan fingerprint density at radius 2 is 2.22 bits per heavy atom. The topological polar surface area (TPSA) is 102 Å². The summed E-state index contributed by atoms with van der Waals surface area (Å²) in [7, 11) is 0. The molecule has 18 heavy (non-hydrogen) atoms. The molecule has 1 N–H and O–H groups in total. The van der Waals surface area contributed by atoms with Crippen molar-refractivity contribution in [3.05, 3.63) is 38.7 Å². The summed E-state index contributed by atoms with van der Waals surface area (Å²) >= 11 is 0.911. The van der Waals surface area contributed by atoms with Crippen LogP contribution in [0.1, 0.15) is 13.0 Å². The SMILES string of the molecule is CC(C(=O)O)n1sc2cc([N+](=O)[O-])ccc2c1=O. The highest BCUT2D eigenvalue weighted by Crippen LogP contribution is 2.24. The Kier molecular flexibility index (Phi) is 2.87. The van der Waals surface area contributed by atoms with Crippen molar-refractivity contribution in [1.29, 1.82) is 0 Å². The van der Waals surface area contributed by atoms with Gasteiger partial charge in [0.2, 0.25) is 0 Å². The molecule has 0 spiro atoms. The van der Waals surface area contributed by atoms with Gasteiger partial charge in [0.1, 0.15) is 6.04 Å². The van der Waals surface area contributed by atoms with E-state index in [1.165, 1.54) is 25.1 Å². The maximum atomic E-state index is 11.9. The highest BCUT2D eigenvalue weighted by atomic mass is 32.1. The first-order valence-corrected chi connectivity index (χ1v) is 5.72. The van der Waals surface area contributed by atoms with Gasteiger partial charge in [0, 0.05) is 12.1 Å². The van der Waals surface area contributed by atoms with Gasteiger partial charge in [0.25, 0.3) is 11.2 Å². The zero-order valence-corrected chi connectivity index (χ0v) is 10.0. The van der Waals surface area contributed by atoms with E-state index in [0.717, 1.165) is 15.5 Å². The van der Waals surface area contributed by atoms with E-state index in [9.17, 15) is 19.7 Å². The molecule has 7 nitrogen and oxygen atoms in total. The molecule has 1 unspecified atom stereocenters. The van der Waals surface area contributed by atoms with E-state index in [2.05, 4.69) is 0 Å². The zero-order valence-electron chi connectivity index (χ0n) is 9.19. The number of rotatable bonds is 3. The Morgan fingerprint density at radius 1 is 1.56 bits per heavy atom. The molecule has 1 aromatic heterocycles. The van der Waals surface area contributed by atoms with Crippen LogP contribution >= 0.6 is 11.5 Å². The van der Waals surface area contributed by atoms with Crippen LogP contribution in [0.25, 0.3) is 10.1 Å². The van der Waals surface area contributed by atoms with Gasteiger partial charge in [-0.1, -0.05) is 11.5 Å². The molecular weight excluding hydrogens is 260 g/mol. The third-order valence-electron chi connectivity index (χ3n) is 2.51. The van der Waals surface area contributed by atoms with Crippen molar-refractivity contribution in [2.75, 3.05) is 0 Å². The average molecular weight is 268 g/mol. The van der Waals surface area contributed by atoms with Crippen LogP contribution in [0.4, 0.5) is 5.69 Å². The Bertz CT molecular complexity index is 702. The van der Waals surface area contributed by atoms with Crippen molar-refractivity contribution in [3.63, 3.8) is 0 Å². The molecular formula is C10H8N2O5S. The van der Waals surface area contributed by atoms with Gasteiger partial charge in [-0.05, 0) is 13.0 Å². The normalized spacial score (nSPS) is 12.5. The largest absolute Gasteiger partial charge is 0.480 e. The predicted molar refractivity (Wildman–Crippen MR) is 65.1 cm³/mol. The molecule has 2 rings (SSSR count). The summed E-state index contributed by atoms with van der Waals surface area (Å²) in [4.78, 5) is 32.8. The first-order chi connectivity index (χ1) is 8.41. The molecule has 2 aromatic rings. The molecule has 0 amide bonds. The minimum atomic E-state index is -1.13. The number of non-ortho nitro benzene ring substituents is 1. The number of carbonyl (C=O) groups is 1. The molecule has 1 aromatic carbocycles. The van der Waals surface area contributed by atoms with E-state index in [4.69, 9.17) is 5.11 Å². The standard InChI is InChI=1S/C10H8N2O5S/c1-5(10(14)15)11-9(13)7-3-2-6(12(16)17)4-8(7)18-11/h2-5H,1H3,(H,14,15). The summed E-state index contributed by atoms with van der Waals surface area (Å²) in [5, 5.41) is 19.8. The number of nitro groups is 1. The number of aromatic nitrogens is 1. The van der Waals surface area contributed by atoms with Crippen LogP contribution in [0.5, 0.6) is 0 Å². The van der Waals surface area contributed by atoms with E-state index >= 15 is 0 Å². The second-order valence-electron chi connectivity index (χ2n) is 3.67. The molecule has 8 heteroatoms. The van der Waals surface area contributed by atoms with Crippen LogP contribution < -0.4 is 5.56 Å². The van der Waals surface area contributed by atoms with E-state index in [-0.39, 0.29) is 5.69 Å². The fourth-order valence-electron chi connectivity index (χ4n) is 1.50. The van der Waals surface area contributed by atoms with Crippen LogP contribution in [-0.4, -0.2) is 20.0 Å². The van der Waals surface area contributed by atoms with Gasteiger partial charge in [-0.3, -0.25) is 14.9 Å². The zero-order chi connectivity index (χ0) is 13.4. The van der Waals surface area contributed by atoms with Gasteiger partial charge in [-0.15, -0.1) is 0 Å². The fourth-order valence-corrected chi connectivity index (χ4v) is 2.57. The van der Waals surface area contributed by atoms with E-state index in [0.29, 0.717) is 10.1 Å². The molecule has 0 bridgehead atoms. The summed E-state index contributed by atoms with van der Waals surface area (Å²) in [6, 6.07) is 2.85. The summed E-state index contributed by atoms with van der Waals surface area (Å²) < 4.78 is 1.50. The van der Waals surface area contributed by atoms with E-state index < -0.39 is 22.5 Å². The van der Waals surface area contributed by atoms with Crippen LogP contribution in [0, 0.1) is 10.1 Å². The lowest BCUT2D eigenvalue weighted by molar-refractivity contribution is -0.384. The highest BCUT2D eigenvalue weighted by molar-refractivity contribution is 7.14. The van der Waals surface area contributed by atoms with Crippen molar-refractivity contribution in [1.82, 2.24) is 3.96 Å². The van der Waals surface area contributed by atoms with Crippen molar-refractivity contribution in [2.24, 2.45) is 0 Å². The Hall–Kier alpha value is -2.22. The molecule has 0 aliphatic heterocycles. The summed E-state index contributed by atoms with van der Waals surface area (Å²) in [5.74, 6) is -1.13. The Labute approximate surface area is 104 Å². The number of carboxylic acid groups (broad SMARTS) is 1. The summed E-state index contributed by atoms with van der Waals surface area (Å²) in [6.07, 6.45) is 0. The smallest absolute Gasteiger partial charge is 0.327 e. The molecule has 0 aliphatic rings. The van der Waals surface area contributed by atoms with Crippen molar-refractivity contribution >= 4 is 33.3 Å². The maximum Gasteiger partial charge on any atom is 0.327 e. The lowest BCUT2D eigenvalue weighted by atomic mass is 10.2. The number of carboxylic acids is 1. The molecule has 0 fully saturated rings. The van der Waals surface area contributed by atoms with Crippen molar-refractivity contribution in [3.8, 4) is 0 Å². The Balaban J connectivity index is 2.66. The molecule has 94 valence electrons. The van der Waals surface area contributed by atoms with Gasteiger partial charge < -0.3 is 5.11 Å². The van der Waals surface area contributed by atoms with E-state index in [1.807, 2.05) is 0 Å². The number of benzene rings is 1. The lowest BCUT2D eigenvalue weighted by Gasteiger charge is -2.03. The lowest BCUT2D eigenvalue weighted by Crippen LogP contribution is -2.23. The van der Waals surface area contributed by atoms with E-state index in [1.54, 1.807) is 0 Å². The van der Waals surface area contributed by atoms with Crippen LogP contribution in [0.2, 0.25) is 0 Å². The van der Waals surface area contributed by atoms with Crippen molar-refractivity contribution in [2.45, 2.75) is 13.0 Å². The van der Waals surface area contributed by atoms with Crippen LogP contribution in [0.15, 0.2) is 23.0 Å². The first-order valence-electron chi connectivity index (χ1n) is 4.94. The predicted octanol–water partition coefficient (Wildman–Crippen LogP) is 1.62. The number of hydrogen-bond acceptors (Lipinski definition) is 5. The maximum absolute atomic E-state index is 11.9. The fraction of sp³-hybridized carbons (Fsp3) is 0.200. The average Bonchev–Trinajstić information content (AvgIpc) is 2.65. The van der Waals surface area contributed by atoms with Gasteiger partial charge in [0.15, 0.2) is 0 Å². The summed E-state index contributed by atoms with van der Waals surface area (Å²) in [5.41, 5.74) is -0.571. The number of fused-ring (bicyclic) bond motifs is 1. The number of hydrogen-bond donors (Lipinski definition) is 1. The molecule has 0 saturated carbocycles. The second-order valence-corrected chi connectivity index (χ2v) is 4.69. The Morgan fingerprint density at radius 3 is 2.78 bits per heavy atom. The molecule has 1 heterocycles. The van der Waals surface area contributed by atoms with Gasteiger partial charge in [-0.2, -0.15) is 0 Å². The first kappa shape index (κ1) is 12.2. The third kappa shape index (κ3) is 1.86. The monoisotopic (exact) mass is 268 g/mol. The minimum Gasteiger partial charge on any atom is -0.480 e. The second kappa shape index (κ2) is 4.22. The molecule has 0 aliphatic carbocycles. The van der Waals surface area contributed by atoms with Crippen LogP contribution in [0.3, 0.4) is 0 Å². The van der Waals surface area contributed by atoms with Gasteiger partial charge in [-0.25, -0.2) is 8.75 Å². The molecule has 0 radical (unpaired) electrons. The molecule has 1 atom stereocenters. The number of nitrogens with zero attached hydrogens (tertiary/aromatic N) is 2. The third-order valence-corrected chi connectivity index (χ3v) is 3.73. The highest BCUT2D eigenvalue weighted by Gasteiger charge is 2.19. The minimum absolute atomic E-state index is 0.126. The van der Waals surface area contributed by atoms with Gasteiger partial charge in [0.05, 0.1) is 15.0 Å². The molecule has 0 saturated heterocycles. The van der Waals surface area contributed by atoms with Crippen molar-refractivity contribution < 1.29 is 14.8 Å². The van der Waals surface area contributed by atoms with Gasteiger partial charge >= 0.3 is 5.97 Å². The number of aliphatic carboxylic acids is 1.